The maximum atomic E-state index is 13.4. The zero-order valence-corrected chi connectivity index (χ0v) is 24.1. The molecule has 4 aromatic rings. The van der Waals surface area contributed by atoms with Crippen LogP contribution in [-0.4, -0.2) is 12.1 Å². The molecule has 0 saturated heterocycles. The van der Waals surface area contributed by atoms with E-state index in [1.165, 1.54) is 4.88 Å². The first-order valence-electron chi connectivity index (χ1n) is 13.2. The molecular formula is C32H33ClN2O3S. The number of carbonyl (C=O) groups is 1. The number of fused-ring (bicyclic) bond motifs is 1. The lowest BCUT2D eigenvalue weighted by Crippen LogP contribution is -2.28. The molecule has 0 fully saturated rings. The van der Waals surface area contributed by atoms with Crippen molar-refractivity contribution < 1.29 is 13.9 Å². The van der Waals surface area contributed by atoms with Crippen molar-refractivity contribution in [1.29, 1.82) is 0 Å². The van der Waals surface area contributed by atoms with Gasteiger partial charge in [-0.2, -0.15) is 0 Å². The number of amides is 1. The highest BCUT2D eigenvalue weighted by Crippen LogP contribution is 2.45. The average Bonchev–Trinajstić information content (AvgIpc) is 3.57. The Morgan fingerprint density at radius 1 is 1.18 bits per heavy atom. The van der Waals surface area contributed by atoms with Crippen molar-refractivity contribution in [1.82, 2.24) is 5.32 Å². The second-order valence-corrected chi connectivity index (χ2v) is 12.5. The zero-order chi connectivity index (χ0) is 27.4. The van der Waals surface area contributed by atoms with Crippen molar-refractivity contribution in [3.05, 3.63) is 105 Å². The van der Waals surface area contributed by atoms with Crippen LogP contribution in [-0.2, 0) is 26.0 Å². The molecule has 0 unspecified atom stereocenters. The number of furan rings is 1. The van der Waals surface area contributed by atoms with Crippen LogP contribution in [0.3, 0.4) is 0 Å². The summed E-state index contributed by atoms with van der Waals surface area (Å²) in [5, 5.41) is 4.48. The van der Waals surface area contributed by atoms with Crippen molar-refractivity contribution in [3.8, 4) is 5.75 Å². The summed E-state index contributed by atoms with van der Waals surface area (Å²) >= 11 is 7.71. The molecule has 5 rings (SSSR count). The van der Waals surface area contributed by atoms with E-state index in [1.54, 1.807) is 17.6 Å². The summed E-state index contributed by atoms with van der Waals surface area (Å²) in [4.78, 5) is 19.5. The Kier molecular flexibility index (Phi) is 8.24. The molecule has 2 aromatic heterocycles. The summed E-state index contributed by atoms with van der Waals surface area (Å²) in [6, 6.07) is 19.1. The SMILES string of the molecule is CC(C)(C)[C@@H]1CCc2c(sc(N=Cc3ccc(OCc4cccc(Cl)c4)cc3)c2C(=O)NCc2ccco2)C1. The van der Waals surface area contributed by atoms with Crippen LogP contribution in [0.2, 0.25) is 5.02 Å². The quantitative estimate of drug-likeness (QED) is 0.220. The minimum Gasteiger partial charge on any atom is -0.489 e. The number of thiophene rings is 1. The van der Waals surface area contributed by atoms with Gasteiger partial charge in [-0.3, -0.25) is 4.79 Å². The van der Waals surface area contributed by atoms with E-state index < -0.39 is 0 Å². The number of rotatable bonds is 8. The summed E-state index contributed by atoms with van der Waals surface area (Å²) in [5.41, 5.74) is 4.02. The van der Waals surface area contributed by atoms with Crippen LogP contribution in [0.5, 0.6) is 5.75 Å². The van der Waals surface area contributed by atoms with E-state index >= 15 is 0 Å². The van der Waals surface area contributed by atoms with E-state index in [1.807, 2.05) is 66.9 Å². The Bertz CT molecular complexity index is 1450. The van der Waals surface area contributed by atoms with Crippen molar-refractivity contribution in [3.63, 3.8) is 0 Å². The molecule has 1 atom stereocenters. The smallest absolute Gasteiger partial charge is 0.255 e. The summed E-state index contributed by atoms with van der Waals surface area (Å²) in [6.07, 6.45) is 6.39. The van der Waals surface area contributed by atoms with E-state index in [9.17, 15) is 4.79 Å². The van der Waals surface area contributed by atoms with Gasteiger partial charge < -0.3 is 14.5 Å². The van der Waals surface area contributed by atoms with Gasteiger partial charge in [0.15, 0.2) is 0 Å². The fourth-order valence-electron chi connectivity index (χ4n) is 4.88. The molecule has 0 aliphatic heterocycles. The number of nitrogens with zero attached hydrogens (tertiary/aromatic N) is 1. The fourth-order valence-corrected chi connectivity index (χ4v) is 6.36. The number of nitrogens with one attached hydrogen (secondary N) is 1. The third kappa shape index (κ3) is 6.81. The van der Waals surface area contributed by atoms with Gasteiger partial charge in [0.25, 0.3) is 5.91 Å². The highest BCUT2D eigenvalue weighted by atomic mass is 35.5. The Morgan fingerprint density at radius 3 is 2.72 bits per heavy atom. The van der Waals surface area contributed by atoms with Crippen molar-refractivity contribution >= 4 is 40.1 Å². The topological polar surface area (TPSA) is 63.8 Å². The van der Waals surface area contributed by atoms with Gasteiger partial charge in [0, 0.05) is 16.1 Å². The van der Waals surface area contributed by atoms with E-state index in [-0.39, 0.29) is 11.3 Å². The lowest BCUT2D eigenvalue weighted by Gasteiger charge is -2.33. The van der Waals surface area contributed by atoms with Gasteiger partial charge >= 0.3 is 0 Å². The Hall–Kier alpha value is -3.35. The highest BCUT2D eigenvalue weighted by Gasteiger charge is 2.33. The molecule has 2 heterocycles. The van der Waals surface area contributed by atoms with E-state index in [0.717, 1.165) is 52.5 Å². The number of ether oxygens (including phenoxy) is 1. The molecule has 1 amide bonds. The molecule has 2 aromatic carbocycles. The molecule has 5 nitrogen and oxygen atoms in total. The van der Waals surface area contributed by atoms with Crippen molar-refractivity contribution in [2.75, 3.05) is 0 Å². The first kappa shape index (κ1) is 27.2. The molecule has 0 saturated carbocycles. The van der Waals surface area contributed by atoms with Crippen LogP contribution in [0.1, 0.15) is 64.9 Å². The normalized spacial score (nSPS) is 15.3. The monoisotopic (exact) mass is 560 g/mol. The number of hydrogen-bond acceptors (Lipinski definition) is 5. The molecule has 0 radical (unpaired) electrons. The minimum atomic E-state index is -0.102. The lowest BCUT2D eigenvalue weighted by molar-refractivity contribution is 0.0947. The fraction of sp³-hybridized carbons (Fsp3) is 0.312. The predicted octanol–water partition coefficient (Wildman–Crippen LogP) is 8.41. The molecular weight excluding hydrogens is 528 g/mol. The van der Waals surface area contributed by atoms with Crippen LogP contribution in [0, 0.1) is 11.3 Å². The summed E-state index contributed by atoms with van der Waals surface area (Å²) < 4.78 is 11.3. The molecule has 7 heteroatoms. The third-order valence-corrected chi connectivity index (χ3v) is 8.60. The van der Waals surface area contributed by atoms with Gasteiger partial charge in [-0.1, -0.05) is 44.5 Å². The van der Waals surface area contributed by atoms with Gasteiger partial charge in [-0.05, 0) is 95.8 Å². The molecule has 0 spiro atoms. The number of halogens is 1. The second-order valence-electron chi connectivity index (χ2n) is 11.0. The number of aliphatic imine (C=N–C) groups is 1. The van der Waals surface area contributed by atoms with Crippen molar-refractivity contribution in [2.45, 2.75) is 53.2 Å². The Balaban J connectivity index is 1.33. The van der Waals surface area contributed by atoms with Crippen LogP contribution in [0.15, 0.2) is 76.3 Å². The molecule has 202 valence electrons. The zero-order valence-electron chi connectivity index (χ0n) is 22.5. The Labute approximate surface area is 238 Å². The average molecular weight is 561 g/mol. The highest BCUT2D eigenvalue weighted by molar-refractivity contribution is 7.16. The van der Waals surface area contributed by atoms with Gasteiger partial charge in [0.2, 0.25) is 0 Å². The largest absolute Gasteiger partial charge is 0.489 e. The third-order valence-electron chi connectivity index (χ3n) is 7.21. The number of benzene rings is 2. The lowest BCUT2D eigenvalue weighted by atomic mass is 9.72. The van der Waals surface area contributed by atoms with Crippen molar-refractivity contribution in [2.24, 2.45) is 16.3 Å². The standard InChI is InChI=1S/C32H33ClN2O3S/c1-32(2,3)23-11-14-27-28(17-23)39-31(29(27)30(36)34-19-26-8-5-15-37-26)35-18-21-9-12-25(13-10-21)38-20-22-6-4-7-24(33)16-22/h4-10,12-13,15-16,18,23H,11,14,17,19-20H2,1-3H3,(H,34,36)/t23-/m1/s1. The molecule has 1 aliphatic carbocycles. The number of carbonyl (C=O) groups excluding carboxylic acids is 1. The van der Waals surface area contributed by atoms with E-state index in [0.29, 0.717) is 29.7 Å². The first-order valence-corrected chi connectivity index (χ1v) is 14.4. The summed E-state index contributed by atoms with van der Waals surface area (Å²) in [7, 11) is 0. The molecule has 39 heavy (non-hydrogen) atoms. The van der Waals surface area contributed by atoms with Gasteiger partial charge in [-0.15, -0.1) is 11.3 Å². The summed E-state index contributed by atoms with van der Waals surface area (Å²) in [5.74, 6) is 1.97. The molecule has 1 aliphatic rings. The van der Waals surface area contributed by atoms with Gasteiger partial charge in [-0.25, -0.2) is 4.99 Å². The van der Waals surface area contributed by atoms with Crippen LogP contribution in [0.4, 0.5) is 5.00 Å². The predicted molar refractivity (Wildman–Crippen MR) is 159 cm³/mol. The Morgan fingerprint density at radius 2 is 2.00 bits per heavy atom. The minimum absolute atomic E-state index is 0.102. The van der Waals surface area contributed by atoms with Crippen LogP contribution >= 0.6 is 22.9 Å². The molecule has 0 bridgehead atoms. The maximum Gasteiger partial charge on any atom is 0.255 e. The second kappa shape index (κ2) is 11.8. The van der Waals surface area contributed by atoms with E-state index in [2.05, 4.69) is 26.1 Å². The summed E-state index contributed by atoms with van der Waals surface area (Å²) in [6.45, 7) is 7.69. The van der Waals surface area contributed by atoms with Crippen LogP contribution < -0.4 is 10.1 Å². The molecule has 1 N–H and O–H groups in total. The number of hydrogen-bond donors (Lipinski definition) is 1. The van der Waals surface area contributed by atoms with Gasteiger partial charge in [0.05, 0.1) is 18.4 Å². The van der Waals surface area contributed by atoms with E-state index in [4.69, 9.17) is 25.7 Å². The van der Waals surface area contributed by atoms with Gasteiger partial charge in [0.1, 0.15) is 23.1 Å². The first-order chi connectivity index (χ1) is 18.8. The maximum absolute atomic E-state index is 13.4. The van der Waals surface area contributed by atoms with Crippen LogP contribution in [0.25, 0.3) is 0 Å².